The first-order valence-electron chi connectivity index (χ1n) is 8.51. The van der Waals surface area contributed by atoms with Gasteiger partial charge in [0, 0.05) is 6.07 Å². The minimum Gasteiger partial charge on any atom is -0.375 e. The molecule has 0 aliphatic heterocycles. The highest BCUT2D eigenvalue weighted by atomic mass is 16.2. The van der Waals surface area contributed by atoms with Crippen LogP contribution in [0.2, 0.25) is 0 Å². The van der Waals surface area contributed by atoms with E-state index in [9.17, 15) is 9.59 Å². The van der Waals surface area contributed by atoms with Gasteiger partial charge in [-0.3, -0.25) is 9.59 Å². The molecule has 128 valence electrons. The predicted molar refractivity (Wildman–Crippen MR) is 102 cm³/mol. The van der Waals surface area contributed by atoms with Crippen LogP contribution < -0.4 is 16.2 Å². The molecule has 0 bridgehead atoms. The van der Waals surface area contributed by atoms with Crippen molar-refractivity contribution in [3.05, 3.63) is 62.0 Å². The van der Waals surface area contributed by atoms with E-state index < -0.39 is 10.9 Å². The highest BCUT2D eigenvalue weighted by Gasteiger charge is 2.18. The van der Waals surface area contributed by atoms with Gasteiger partial charge in [-0.2, -0.15) is 0 Å². The van der Waals surface area contributed by atoms with Crippen molar-refractivity contribution in [3.8, 4) is 0 Å². The Morgan fingerprint density at radius 3 is 2.22 bits per heavy atom. The third-order valence-corrected chi connectivity index (χ3v) is 3.62. The smallest absolute Gasteiger partial charge is 0.248 e. The van der Waals surface area contributed by atoms with E-state index in [4.69, 9.17) is 0 Å². The van der Waals surface area contributed by atoms with Crippen molar-refractivity contribution in [1.82, 2.24) is 0 Å². The molecule has 1 unspecified atom stereocenters. The lowest BCUT2D eigenvalue weighted by Crippen LogP contribution is -2.36. The van der Waals surface area contributed by atoms with E-state index in [1.54, 1.807) is 0 Å². The molecule has 0 heterocycles. The second-order valence-corrected chi connectivity index (χ2v) is 5.47. The largest absolute Gasteiger partial charge is 0.375 e. The molecule has 0 spiro atoms. The summed E-state index contributed by atoms with van der Waals surface area (Å²) in [5.74, 6) is 0. The fourth-order valence-corrected chi connectivity index (χ4v) is 2.30. The van der Waals surface area contributed by atoms with Gasteiger partial charge in [0.1, 0.15) is 0 Å². The summed E-state index contributed by atoms with van der Waals surface area (Å²) in [4.78, 5) is 22.6. The SMILES string of the molecule is C=C/C(=C\C(=C(C)C)C(CCC)Nc1cc(=O)c1=O)CC.CC. The van der Waals surface area contributed by atoms with Crippen LogP contribution >= 0.6 is 0 Å². The Kier molecular flexibility index (Phi) is 9.87. The van der Waals surface area contributed by atoms with Crippen molar-refractivity contribution < 1.29 is 0 Å². The first-order valence-corrected chi connectivity index (χ1v) is 8.51. The van der Waals surface area contributed by atoms with Gasteiger partial charge in [0.15, 0.2) is 0 Å². The summed E-state index contributed by atoms with van der Waals surface area (Å²) in [7, 11) is 0. The molecule has 0 fully saturated rings. The predicted octanol–water partition coefficient (Wildman–Crippen LogP) is 4.75. The van der Waals surface area contributed by atoms with Crippen LogP contribution in [-0.4, -0.2) is 6.04 Å². The Labute approximate surface area is 140 Å². The summed E-state index contributed by atoms with van der Waals surface area (Å²) in [6.45, 7) is 16.2. The molecular weight excluding hydrogens is 286 g/mol. The topological polar surface area (TPSA) is 46.2 Å². The van der Waals surface area contributed by atoms with Crippen LogP contribution in [0.4, 0.5) is 5.69 Å². The van der Waals surface area contributed by atoms with Crippen LogP contribution in [0.1, 0.15) is 60.8 Å². The van der Waals surface area contributed by atoms with Crippen molar-refractivity contribution >= 4 is 5.69 Å². The summed E-state index contributed by atoms with van der Waals surface area (Å²) in [6.07, 6.45) is 6.82. The van der Waals surface area contributed by atoms with E-state index in [1.807, 2.05) is 19.9 Å². The normalized spacial score (nSPS) is 12.2. The third-order valence-electron chi connectivity index (χ3n) is 3.62. The number of rotatable bonds is 8. The standard InChI is InChI=1S/C18H25NO2.C2H6/c1-6-9-15(19-16-11-17(20)18(16)21)14(12(4)5)10-13(7-2)8-3;1-2/h7,10-11,15,19H,2,6,8-9H2,1,3-5H3;1-2H3/b13-10+;. The van der Waals surface area contributed by atoms with Gasteiger partial charge in [-0.15, -0.1) is 0 Å². The molecule has 0 aliphatic carbocycles. The average Bonchev–Trinajstić information content (AvgIpc) is 2.56. The number of anilines is 1. The maximum atomic E-state index is 11.5. The number of allylic oxidation sites excluding steroid dienone is 3. The van der Waals surface area contributed by atoms with Crippen LogP contribution in [0.15, 0.2) is 51.1 Å². The van der Waals surface area contributed by atoms with Crippen molar-refractivity contribution in [2.24, 2.45) is 0 Å². The Hall–Kier alpha value is -1.90. The number of nitrogens with one attached hydrogen (secondary N) is 1. The van der Waals surface area contributed by atoms with Gasteiger partial charge in [-0.1, -0.05) is 58.4 Å². The van der Waals surface area contributed by atoms with Gasteiger partial charge in [0.25, 0.3) is 0 Å². The molecule has 0 radical (unpaired) electrons. The summed E-state index contributed by atoms with van der Waals surface area (Å²) in [5, 5.41) is 3.22. The molecule has 3 heteroatoms. The molecule has 1 atom stereocenters. The molecule has 23 heavy (non-hydrogen) atoms. The number of hydrogen-bond acceptors (Lipinski definition) is 3. The Bertz CT molecular complexity index is 624. The molecule has 0 saturated carbocycles. The van der Waals surface area contributed by atoms with Gasteiger partial charge in [-0.05, 0) is 37.8 Å². The molecule has 0 aliphatic rings. The summed E-state index contributed by atoms with van der Waals surface area (Å²) in [5.41, 5.74) is 3.14. The van der Waals surface area contributed by atoms with E-state index in [-0.39, 0.29) is 6.04 Å². The van der Waals surface area contributed by atoms with E-state index in [2.05, 4.69) is 45.7 Å². The zero-order valence-electron chi connectivity index (χ0n) is 15.5. The molecule has 0 aromatic heterocycles. The molecule has 0 saturated heterocycles. The van der Waals surface area contributed by atoms with Gasteiger partial charge in [0.2, 0.25) is 10.9 Å². The summed E-state index contributed by atoms with van der Waals surface area (Å²) >= 11 is 0. The minimum absolute atomic E-state index is 0.0461. The first kappa shape index (κ1) is 21.1. The molecule has 0 amide bonds. The first-order chi connectivity index (χ1) is 10.9. The molecule has 3 nitrogen and oxygen atoms in total. The zero-order valence-corrected chi connectivity index (χ0v) is 15.5. The fourth-order valence-electron chi connectivity index (χ4n) is 2.30. The van der Waals surface area contributed by atoms with Gasteiger partial charge in [0.05, 0.1) is 11.7 Å². The van der Waals surface area contributed by atoms with E-state index in [0.29, 0.717) is 5.69 Å². The molecule has 1 aromatic rings. The average molecular weight is 317 g/mol. The lowest BCUT2D eigenvalue weighted by atomic mass is 9.94. The lowest BCUT2D eigenvalue weighted by Gasteiger charge is -2.23. The molecular formula is C20H31NO2. The Balaban J connectivity index is 0.00000232. The van der Waals surface area contributed by atoms with Gasteiger partial charge >= 0.3 is 0 Å². The van der Waals surface area contributed by atoms with Crippen molar-refractivity contribution in [1.29, 1.82) is 0 Å². The van der Waals surface area contributed by atoms with Crippen LogP contribution in [-0.2, 0) is 0 Å². The maximum absolute atomic E-state index is 11.5. The van der Waals surface area contributed by atoms with Crippen LogP contribution in [0.25, 0.3) is 0 Å². The fraction of sp³-hybridized carbons (Fsp3) is 0.500. The van der Waals surface area contributed by atoms with Gasteiger partial charge in [-0.25, -0.2) is 0 Å². The highest BCUT2D eigenvalue weighted by molar-refractivity contribution is 5.51. The molecule has 1 aromatic carbocycles. The third kappa shape index (κ3) is 6.01. The van der Waals surface area contributed by atoms with Crippen molar-refractivity contribution in [2.75, 3.05) is 5.32 Å². The highest BCUT2D eigenvalue weighted by Crippen LogP contribution is 2.21. The van der Waals surface area contributed by atoms with E-state index >= 15 is 0 Å². The zero-order chi connectivity index (χ0) is 18.0. The van der Waals surface area contributed by atoms with Crippen LogP contribution in [0.3, 0.4) is 0 Å². The van der Waals surface area contributed by atoms with Crippen molar-refractivity contribution in [3.63, 3.8) is 0 Å². The second-order valence-electron chi connectivity index (χ2n) is 5.47. The van der Waals surface area contributed by atoms with Crippen molar-refractivity contribution in [2.45, 2.75) is 66.8 Å². The Morgan fingerprint density at radius 1 is 1.26 bits per heavy atom. The summed E-state index contributed by atoms with van der Waals surface area (Å²) in [6, 6.07) is 1.43. The monoisotopic (exact) mass is 317 g/mol. The molecule has 1 rings (SSSR count). The second kappa shape index (κ2) is 10.8. The van der Waals surface area contributed by atoms with E-state index in [1.165, 1.54) is 22.8 Å². The molecule has 1 N–H and O–H groups in total. The quantitative estimate of drug-likeness (QED) is 0.556. The lowest BCUT2D eigenvalue weighted by molar-refractivity contribution is 0.713. The minimum atomic E-state index is -0.414. The van der Waals surface area contributed by atoms with E-state index in [0.717, 1.165) is 19.3 Å². The van der Waals surface area contributed by atoms with Crippen LogP contribution in [0.5, 0.6) is 0 Å². The maximum Gasteiger partial charge on any atom is 0.248 e. The summed E-state index contributed by atoms with van der Waals surface area (Å²) < 4.78 is 0. The Morgan fingerprint density at radius 2 is 1.87 bits per heavy atom. The van der Waals surface area contributed by atoms with Crippen LogP contribution in [0, 0.1) is 0 Å². The van der Waals surface area contributed by atoms with Gasteiger partial charge < -0.3 is 5.32 Å². The number of hydrogen-bond donors (Lipinski definition) is 1.